The molecule has 0 unspecified atom stereocenters. The molecule has 0 aliphatic carbocycles. The molecule has 6 nitrogen and oxygen atoms in total. The van der Waals surface area contributed by atoms with Gasteiger partial charge in [-0.25, -0.2) is 4.39 Å². The van der Waals surface area contributed by atoms with Crippen molar-refractivity contribution in [2.45, 2.75) is 13.3 Å². The maximum absolute atomic E-state index is 13.3. The highest BCUT2D eigenvalue weighted by molar-refractivity contribution is 5.98. The van der Waals surface area contributed by atoms with Gasteiger partial charge in [0.15, 0.2) is 0 Å². The van der Waals surface area contributed by atoms with Crippen LogP contribution in [-0.2, 0) is 9.59 Å². The van der Waals surface area contributed by atoms with Crippen LogP contribution in [0.4, 0.5) is 10.1 Å². The van der Waals surface area contributed by atoms with E-state index in [0.717, 1.165) is 6.07 Å². The Hall–Kier alpha value is -3.22. The zero-order valence-electron chi connectivity index (χ0n) is 15.1. The number of hydrogen-bond donors (Lipinski definition) is 2. The molecule has 0 saturated heterocycles. The minimum absolute atomic E-state index is 0.179. The number of benzene rings is 2. The Bertz CT molecular complexity index is 796. The fourth-order valence-corrected chi connectivity index (χ4v) is 2.46. The maximum Gasteiger partial charge on any atom is 0.254 e. The standard InChI is InChI=1S/C20H22FN3O3/c1-2-11-24(20(27)15-7-6-8-16(21)12-15)14-19(26)22-13-18(25)23-17-9-4-3-5-10-17/h3-10,12H,2,11,13-14H2,1H3,(H,22,26)(H,23,25). The molecular weight excluding hydrogens is 349 g/mol. The number of hydrogen-bond acceptors (Lipinski definition) is 3. The van der Waals surface area contributed by atoms with Crippen molar-refractivity contribution in [2.75, 3.05) is 25.0 Å². The molecule has 0 atom stereocenters. The summed E-state index contributed by atoms with van der Waals surface area (Å²) in [4.78, 5) is 37.8. The van der Waals surface area contributed by atoms with E-state index in [2.05, 4.69) is 10.6 Å². The molecule has 2 rings (SSSR count). The molecule has 0 saturated carbocycles. The van der Waals surface area contributed by atoms with Crippen LogP contribution in [-0.4, -0.2) is 42.3 Å². The van der Waals surface area contributed by atoms with Crippen molar-refractivity contribution >= 4 is 23.4 Å². The van der Waals surface area contributed by atoms with Gasteiger partial charge >= 0.3 is 0 Å². The first kappa shape index (κ1) is 20.1. The summed E-state index contributed by atoms with van der Waals surface area (Å²) in [6, 6.07) is 14.2. The van der Waals surface area contributed by atoms with Gasteiger partial charge in [-0.05, 0) is 36.8 Å². The predicted octanol–water partition coefficient (Wildman–Crippen LogP) is 2.43. The van der Waals surface area contributed by atoms with Crippen molar-refractivity contribution in [3.63, 3.8) is 0 Å². The summed E-state index contributed by atoms with van der Waals surface area (Å²) in [7, 11) is 0. The number of nitrogens with zero attached hydrogens (tertiary/aromatic N) is 1. The molecule has 7 heteroatoms. The van der Waals surface area contributed by atoms with Crippen LogP contribution in [0.3, 0.4) is 0 Å². The summed E-state index contributed by atoms with van der Waals surface area (Å²) < 4.78 is 13.3. The van der Waals surface area contributed by atoms with E-state index < -0.39 is 17.6 Å². The Labute approximate surface area is 157 Å². The van der Waals surface area contributed by atoms with Gasteiger partial charge in [-0.15, -0.1) is 0 Å². The van der Waals surface area contributed by atoms with E-state index in [1.807, 2.05) is 13.0 Å². The molecule has 0 aromatic heterocycles. The molecule has 0 bridgehead atoms. The number of halogens is 1. The van der Waals surface area contributed by atoms with Crippen molar-refractivity contribution in [3.05, 3.63) is 66.0 Å². The molecule has 142 valence electrons. The van der Waals surface area contributed by atoms with Crippen LogP contribution >= 0.6 is 0 Å². The second-order valence-electron chi connectivity index (χ2n) is 5.93. The number of carbonyl (C=O) groups is 3. The Morgan fingerprint density at radius 1 is 1.00 bits per heavy atom. The third kappa shape index (κ3) is 6.54. The second kappa shape index (κ2) is 10.1. The summed E-state index contributed by atoms with van der Waals surface area (Å²) >= 11 is 0. The number of amides is 3. The van der Waals surface area contributed by atoms with Crippen molar-refractivity contribution in [1.29, 1.82) is 0 Å². The van der Waals surface area contributed by atoms with Crippen LogP contribution in [0.2, 0.25) is 0 Å². The van der Waals surface area contributed by atoms with E-state index >= 15 is 0 Å². The molecule has 2 N–H and O–H groups in total. The monoisotopic (exact) mass is 371 g/mol. The average Bonchev–Trinajstić information content (AvgIpc) is 2.66. The summed E-state index contributed by atoms with van der Waals surface area (Å²) in [6.07, 6.45) is 0.642. The number of nitrogens with one attached hydrogen (secondary N) is 2. The fraction of sp³-hybridized carbons (Fsp3) is 0.250. The lowest BCUT2D eigenvalue weighted by atomic mass is 10.2. The van der Waals surface area contributed by atoms with Crippen molar-refractivity contribution in [2.24, 2.45) is 0 Å². The summed E-state index contributed by atoms with van der Waals surface area (Å²) in [5.74, 6) is -1.77. The molecule has 27 heavy (non-hydrogen) atoms. The molecule has 0 radical (unpaired) electrons. The van der Waals surface area contributed by atoms with Gasteiger partial charge in [-0.3, -0.25) is 14.4 Å². The third-order valence-electron chi connectivity index (χ3n) is 3.69. The van der Waals surface area contributed by atoms with E-state index in [0.29, 0.717) is 18.7 Å². The fourth-order valence-electron chi connectivity index (χ4n) is 2.46. The summed E-state index contributed by atoms with van der Waals surface area (Å²) in [5, 5.41) is 5.15. The highest BCUT2D eigenvalue weighted by Gasteiger charge is 2.19. The molecule has 0 fully saturated rings. The van der Waals surface area contributed by atoms with Crippen molar-refractivity contribution < 1.29 is 18.8 Å². The normalized spacial score (nSPS) is 10.1. The number of para-hydroxylation sites is 1. The molecule has 0 heterocycles. The summed E-state index contributed by atoms with van der Waals surface area (Å²) in [6.45, 7) is 1.81. The molecule has 2 aromatic rings. The second-order valence-corrected chi connectivity index (χ2v) is 5.93. The SMILES string of the molecule is CCCN(CC(=O)NCC(=O)Nc1ccccc1)C(=O)c1cccc(F)c1. The van der Waals surface area contributed by atoms with Crippen LogP contribution in [0.15, 0.2) is 54.6 Å². The lowest BCUT2D eigenvalue weighted by Gasteiger charge is -2.21. The lowest BCUT2D eigenvalue weighted by Crippen LogP contribution is -2.43. The van der Waals surface area contributed by atoms with Gasteiger partial charge in [0.2, 0.25) is 11.8 Å². The lowest BCUT2D eigenvalue weighted by molar-refractivity contribution is -0.124. The first-order valence-corrected chi connectivity index (χ1v) is 8.66. The van der Waals surface area contributed by atoms with Crippen molar-refractivity contribution in [3.8, 4) is 0 Å². The number of anilines is 1. The molecule has 0 spiro atoms. The summed E-state index contributed by atoms with van der Waals surface area (Å²) in [5.41, 5.74) is 0.809. The zero-order valence-corrected chi connectivity index (χ0v) is 15.1. The van der Waals surface area contributed by atoms with Gasteiger partial charge in [0.05, 0.1) is 13.1 Å². The third-order valence-corrected chi connectivity index (χ3v) is 3.69. The van der Waals surface area contributed by atoms with Gasteiger partial charge in [0.25, 0.3) is 5.91 Å². The highest BCUT2D eigenvalue weighted by atomic mass is 19.1. The molecular formula is C20H22FN3O3. The Balaban J connectivity index is 1.88. The van der Waals surface area contributed by atoms with E-state index in [1.54, 1.807) is 24.3 Å². The van der Waals surface area contributed by atoms with Crippen LogP contribution in [0.1, 0.15) is 23.7 Å². The Morgan fingerprint density at radius 3 is 2.41 bits per heavy atom. The maximum atomic E-state index is 13.3. The Morgan fingerprint density at radius 2 is 1.74 bits per heavy atom. The van der Waals surface area contributed by atoms with Gasteiger partial charge < -0.3 is 15.5 Å². The highest BCUT2D eigenvalue weighted by Crippen LogP contribution is 2.08. The predicted molar refractivity (Wildman–Crippen MR) is 101 cm³/mol. The zero-order chi connectivity index (χ0) is 19.6. The van der Waals surface area contributed by atoms with E-state index in [4.69, 9.17) is 0 Å². The van der Waals surface area contributed by atoms with Crippen LogP contribution in [0.5, 0.6) is 0 Å². The quantitative estimate of drug-likeness (QED) is 0.748. The number of carbonyl (C=O) groups excluding carboxylic acids is 3. The average molecular weight is 371 g/mol. The molecule has 3 amide bonds. The van der Waals surface area contributed by atoms with Crippen LogP contribution in [0.25, 0.3) is 0 Å². The van der Waals surface area contributed by atoms with E-state index in [9.17, 15) is 18.8 Å². The van der Waals surface area contributed by atoms with Crippen LogP contribution in [0, 0.1) is 5.82 Å². The first-order valence-electron chi connectivity index (χ1n) is 8.66. The topological polar surface area (TPSA) is 78.5 Å². The van der Waals surface area contributed by atoms with Gasteiger partial charge in [0, 0.05) is 17.8 Å². The smallest absolute Gasteiger partial charge is 0.254 e. The molecule has 0 aliphatic rings. The van der Waals surface area contributed by atoms with Crippen LogP contribution < -0.4 is 10.6 Å². The molecule has 0 aliphatic heterocycles. The number of rotatable bonds is 8. The van der Waals surface area contributed by atoms with Crippen molar-refractivity contribution in [1.82, 2.24) is 10.2 Å². The minimum Gasteiger partial charge on any atom is -0.345 e. The van der Waals surface area contributed by atoms with E-state index in [1.165, 1.54) is 23.1 Å². The minimum atomic E-state index is -0.515. The van der Waals surface area contributed by atoms with Gasteiger partial charge in [-0.2, -0.15) is 0 Å². The van der Waals surface area contributed by atoms with E-state index in [-0.39, 0.29) is 24.6 Å². The van der Waals surface area contributed by atoms with Gasteiger partial charge in [0.1, 0.15) is 5.82 Å². The van der Waals surface area contributed by atoms with Gasteiger partial charge in [-0.1, -0.05) is 31.2 Å². The molecule has 2 aromatic carbocycles. The Kier molecular flexibility index (Phi) is 7.49. The first-order chi connectivity index (χ1) is 13.0. The largest absolute Gasteiger partial charge is 0.345 e.